The lowest BCUT2D eigenvalue weighted by Crippen LogP contribution is -2.55. The van der Waals surface area contributed by atoms with Crippen molar-refractivity contribution >= 4 is 18.0 Å². The molecule has 166 valence electrons. The molecule has 2 heterocycles. The highest BCUT2D eigenvalue weighted by Crippen LogP contribution is 2.16. The molecule has 0 aromatic rings. The van der Waals surface area contributed by atoms with Crippen LogP contribution in [0.5, 0.6) is 0 Å². The van der Waals surface area contributed by atoms with Gasteiger partial charge < -0.3 is 29.5 Å². The fourth-order valence-electron chi connectivity index (χ4n) is 3.28. The van der Waals surface area contributed by atoms with Crippen molar-refractivity contribution < 1.29 is 19.1 Å². The summed E-state index contributed by atoms with van der Waals surface area (Å²) >= 11 is 0. The first-order valence-electron chi connectivity index (χ1n) is 10.6. The van der Waals surface area contributed by atoms with Crippen LogP contribution in [0, 0.1) is 0 Å². The summed E-state index contributed by atoms with van der Waals surface area (Å²) in [7, 11) is 1.71. The van der Waals surface area contributed by atoms with Gasteiger partial charge in [-0.15, -0.1) is 0 Å². The second-order valence-corrected chi connectivity index (χ2v) is 8.45. The Kier molecular flexibility index (Phi) is 8.55. The summed E-state index contributed by atoms with van der Waals surface area (Å²) in [5, 5.41) is 3.31. The van der Waals surface area contributed by atoms with E-state index in [4.69, 9.17) is 9.47 Å². The Morgan fingerprint density at radius 2 is 1.86 bits per heavy atom. The van der Waals surface area contributed by atoms with Crippen LogP contribution in [0.25, 0.3) is 0 Å². The minimum atomic E-state index is -0.510. The lowest BCUT2D eigenvalue weighted by atomic mass is 10.2. The molecule has 2 amide bonds. The standard InChI is InChI=1S/C20H37N5O4/c1-6-21-18(22-9-10-23(5)19(27)29-20(2,3)4)25-13-11-24(12-14-25)17(26)16-8-7-15-28-16/h16H,6-15H2,1-5H3,(H,21,22). The van der Waals surface area contributed by atoms with Gasteiger partial charge in [0, 0.05) is 52.9 Å². The number of nitrogens with zero attached hydrogens (tertiary/aromatic N) is 4. The lowest BCUT2D eigenvalue weighted by molar-refractivity contribution is -0.142. The van der Waals surface area contributed by atoms with E-state index in [9.17, 15) is 9.59 Å². The van der Waals surface area contributed by atoms with Crippen molar-refractivity contribution in [2.24, 2.45) is 4.99 Å². The molecule has 2 rings (SSSR count). The molecule has 9 nitrogen and oxygen atoms in total. The lowest BCUT2D eigenvalue weighted by Gasteiger charge is -2.37. The number of aliphatic imine (C=N–C) groups is 1. The molecular formula is C20H37N5O4. The molecule has 0 saturated carbocycles. The molecule has 1 unspecified atom stereocenters. The number of hydrogen-bond acceptors (Lipinski definition) is 5. The maximum Gasteiger partial charge on any atom is 0.410 e. The van der Waals surface area contributed by atoms with Gasteiger partial charge >= 0.3 is 6.09 Å². The zero-order chi connectivity index (χ0) is 21.4. The number of carbonyl (C=O) groups excluding carboxylic acids is 2. The van der Waals surface area contributed by atoms with E-state index in [-0.39, 0.29) is 18.1 Å². The first kappa shape index (κ1) is 23.3. The average molecular weight is 412 g/mol. The first-order valence-corrected chi connectivity index (χ1v) is 10.6. The van der Waals surface area contributed by atoms with Crippen LogP contribution < -0.4 is 5.32 Å². The van der Waals surface area contributed by atoms with E-state index in [1.807, 2.05) is 32.6 Å². The molecule has 0 bridgehead atoms. The van der Waals surface area contributed by atoms with Gasteiger partial charge in [-0.1, -0.05) is 0 Å². The van der Waals surface area contributed by atoms with Crippen molar-refractivity contribution in [1.82, 2.24) is 20.0 Å². The molecule has 2 saturated heterocycles. The van der Waals surface area contributed by atoms with Gasteiger partial charge in [0.05, 0.1) is 6.54 Å². The number of carbonyl (C=O) groups is 2. The third kappa shape index (κ3) is 7.38. The number of nitrogens with one attached hydrogen (secondary N) is 1. The van der Waals surface area contributed by atoms with E-state index in [0.717, 1.165) is 38.4 Å². The Labute approximate surface area is 174 Å². The molecule has 2 fully saturated rings. The minimum Gasteiger partial charge on any atom is -0.444 e. The number of guanidine groups is 1. The predicted molar refractivity (Wildman–Crippen MR) is 112 cm³/mol. The van der Waals surface area contributed by atoms with Gasteiger partial charge in [-0.05, 0) is 40.5 Å². The highest BCUT2D eigenvalue weighted by Gasteiger charge is 2.31. The first-order chi connectivity index (χ1) is 13.7. The Bertz CT molecular complexity index is 576. The summed E-state index contributed by atoms with van der Waals surface area (Å²) in [6, 6.07) is 0. The van der Waals surface area contributed by atoms with Crippen LogP contribution in [-0.4, -0.2) is 104 Å². The molecule has 1 atom stereocenters. The summed E-state index contributed by atoms with van der Waals surface area (Å²) in [5.74, 6) is 0.928. The quantitative estimate of drug-likeness (QED) is 0.539. The fraction of sp³-hybridized carbons (Fsp3) is 0.850. The van der Waals surface area contributed by atoms with Crippen LogP contribution in [0.15, 0.2) is 4.99 Å². The Balaban J connectivity index is 1.82. The molecule has 2 aliphatic rings. The number of rotatable bonds is 5. The van der Waals surface area contributed by atoms with E-state index in [1.165, 1.54) is 4.90 Å². The van der Waals surface area contributed by atoms with Gasteiger partial charge in [0.15, 0.2) is 5.96 Å². The minimum absolute atomic E-state index is 0.114. The number of amides is 2. The average Bonchev–Trinajstić information content (AvgIpc) is 3.20. The van der Waals surface area contributed by atoms with Crippen molar-refractivity contribution in [2.75, 3.05) is 59.5 Å². The van der Waals surface area contributed by atoms with Gasteiger partial charge in [0.25, 0.3) is 5.91 Å². The second kappa shape index (κ2) is 10.7. The summed E-state index contributed by atoms with van der Waals surface area (Å²) in [6.45, 7) is 12.8. The fourth-order valence-corrected chi connectivity index (χ4v) is 3.28. The van der Waals surface area contributed by atoms with Crippen LogP contribution in [0.4, 0.5) is 4.79 Å². The van der Waals surface area contributed by atoms with Crippen LogP contribution >= 0.6 is 0 Å². The number of hydrogen-bond donors (Lipinski definition) is 1. The highest BCUT2D eigenvalue weighted by atomic mass is 16.6. The van der Waals surface area contributed by atoms with Crippen LogP contribution in [0.2, 0.25) is 0 Å². The number of ether oxygens (including phenoxy) is 2. The Hall–Kier alpha value is -2.03. The van der Waals surface area contributed by atoms with Gasteiger partial charge in [0.2, 0.25) is 0 Å². The van der Waals surface area contributed by atoms with Gasteiger partial charge in [0.1, 0.15) is 11.7 Å². The molecule has 1 N–H and O–H groups in total. The van der Waals surface area contributed by atoms with E-state index < -0.39 is 5.60 Å². The summed E-state index contributed by atoms with van der Waals surface area (Å²) in [4.78, 5) is 34.8. The van der Waals surface area contributed by atoms with E-state index >= 15 is 0 Å². The normalized spacial score (nSPS) is 20.6. The Morgan fingerprint density at radius 1 is 1.21 bits per heavy atom. The molecule has 0 aromatic heterocycles. The maximum absolute atomic E-state index is 12.5. The smallest absolute Gasteiger partial charge is 0.410 e. The van der Waals surface area contributed by atoms with Crippen molar-refractivity contribution in [3.05, 3.63) is 0 Å². The van der Waals surface area contributed by atoms with Gasteiger partial charge in [-0.25, -0.2) is 4.79 Å². The van der Waals surface area contributed by atoms with Crippen LogP contribution in [0.1, 0.15) is 40.5 Å². The number of piperazine rings is 1. The van der Waals surface area contributed by atoms with E-state index in [0.29, 0.717) is 32.8 Å². The molecule has 9 heteroatoms. The molecule has 2 aliphatic heterocycles. The molecule has 29 heavy (non-hydrogen) atoms. The summed E-state index contributed by atoms with van der Waals surface area (Å²) in [6.07, 6.45) is 1.19. The third-order valence-electron chi connectivity index (χ3n) is 4.83. The van der Waals surface area contributed by atoms with E-state index in [1.54, 1.807) is 7.05 Å². The van der Waals surface area contributed by atoms with Crippen molar-refractivity contribution in [3.63, 3.8) is 0 Å². The largest absolute Gasteiger partial charge is 0.444 e. The zero-order valence-corrected chi connectivity index (χ0v) is 18.6. The Morgan fingerprint density at radius 3 is 2.41 bits per heavy atom. The molecule has 0 aromatic carbocycles. The zero-order valence-electron chi connectivity index (χ0n) is 18.6. The van der Waals surface area contributed by atoms with Crippen LogP contribution in [-0.2, 0) is 14.3 Å². The van der Waals surface area contributed by atoms with Crippen LogP contribution in [0.3, 0.4) is 0 Å². The maximum atomic E-state index is 12.5. The third-order valence-corrected chi connectivity index (χ3v) is 4.83. The van der Waals surface area contributed by atoms with Gasteiger partial charge in [-0.2, -0.15) is 0 Å². The monoisotopic (exact) mass is 411 g/mol. The summed E-state index contributed by atoms with van der Waals surface area (Å²) in [5.41, 5.74) is -0.510. The van der Waals surface area contributed by atoms with Crippen molar-refractivity contribution in [2.45, 2.75) is 52.2 Å². The second-order valence-electron chi connectivity index (χ2n) is 8.45. The highest BCUT2D eigenvalue weighted by molar-refractivity contribution is 5.83. The SMILES string of the molecule is CCNC(=NCCN(C)C(=O)OC(C)(C)C)N1CCN(C(=O)C2CCCO2)CC1. The molecule has 0 radical (unpaired) electrons. The molecular weight excluding hydrogens is 374 g/mol. The molecule has 0 spiro atoms. The predicted octanol–water partition coefficient (Wildman–Crippen LogP) is 1.14. The van der Waals surface area contributed by atoms with Crippen molar-refractivity contribution in [1.29, 1.82) is 0 Å². The number of likely N-dealkylation sites (N-methyl/N-ethyl adjacent to an activating group) is 1. The topological polar surface area (TPSA) is 86.7 Å². The molecule has 0 aliphatic carbocycles. The summed E-state index contributed by atoms with van der Waals surface area (Å²) < 4.78 is 10.9. The van der Waals surface area contributed by atoms with Crippen molar-refractivity contribution in [3.8, 4) is 0 Å². The van der Waals surface area contributed by atoms with E-state index in [2.05, 4.69) is 15.2 Å². The van der Waals surface area contributed by atoms with Gasteiger partial charge in [-0.3, -0.25) is 9.79 Å².